The molecule has 2 aromatic rings. The largest absolute Gasteiger partial charge is 0.480 e. The number of hydrogen-bond donors (Lipinski definition) is 1. The van der Waals surface area contributed by atoms with Crippen molar-refractivity contribution in [3.8, 4) is 0 Å². The molecule has 2 heterocycles. The maximum absolute atomic E-state index is 12.6. The Morgan fingerprint density at radius 2 is 2.10 bits per heavy atom. The fourth-order valence-electron chi connectivity index (χ4n) is 2.91. The number of aliphatic carboxylic acids is 1. The molecule has 5 nitrogen and oxygen atoms in total. The van der Waals surface area contributed by atoms with Crippen LogP contribution in [0.3, 0.4) is 0 Å². The van der Waals surface area contributed by atoms with E-state index in [2.05, 4.69) is 0 Å². The number of rotatable bonds is 2. The maximum atomic E-state index is 12.6. The minimum absolute atomic E-state index is 0.220. The molecule has 3 rings (SSSR count). The van der Waals surface area contributed by atoms with E-state index in [4.69, 9.17) is 4.42 Å². The van der Waals surface area contributed by atoms with Crippen LogP contribution in [-0.2, 0) is 4.79 Å². The molecule has 1 aliphatic rings. The number of carboxylic acid groups (broad SMARTS) is 1. The molecule has 1 fully saturated rings. The summed E-state index contributed by atoms with van der Waals surface area (Å²) in [7, 11) is 0. The first-order valence-corrected chi connectivity index (χ1v) is 7.10. The van der Waals surface area contributed by atoms with Crippen LogP contribution in [0.4, 0.5) is 0 Å². The van der Waals surface area contributed by atoms with Gasteiger partial charge in [0, 0.05) is 17.5 Å². The van der Waals surface area contributed by atoms with Crippen molar-refractivity contribution >= 4 is 22.8 Å². The predicted molar refractivity (Wildman–Crippen MR) is 77.3 cm³/mol. The van der Waals surface area contributed by atoms with E-state index >= 15 is 0 Å². The summed E-state index contributed by atoms with van der Waals surface area (Å²) in [6, 6.07) is 6.38. The van der Waals surface area contributed by atoms with Crippen molar-refractivity contribution < 1.29 is 19.1 Å². The average Bonchev–Trinajstić information content (AvgIpc) is 2.85. The maximum Gasteiger partial charge on any atom is 0.326 e. The van der Waals surface area contributed by atoms with Gasteiger partial charge in [-0.15, -0.1) is 0 Å². The quantitative estimate of drug-likeness (QED) is 0.922. The Morgan fingerprint density at radius 3 is 2.86 bits per heavy atom. The van der Waals surface area contributed by atoms with Gasteiger partial charge in [-0.05, 0) is 50.5 Å². The standard InChI is InChI=1S/C16H17NO4/c1-10-8-12-9-11(5-6-14(12)21-10)15(18)17-7-3-2-4-13(17)16(19)20/h5-6,8-9,13H,2-4,7H2,1H3,(H,19,20)/t13-/m1/s1. The molecule has 1 aromatic heterocycles. The van der Waals surface area contributed by atoms with Crippen LogP contribution in [0.15, 0.2) is 28.7 Å². The Hall–Kier alpha value is -2.30. The number of carbonyl (C=O) groups is 2. The van der Waals surface area contributed by atoms with Gasteiger partial charge in [0.25, 0.3) is 5.91 Å². The van der Waals surface area contributed by atoms with Gasteiger partial charge in [0.05, 0.1) is 0 Å². The number of hydrogen-bond acceptors (Lipinski definition) is 3. The number of aryl methyl sites for hydroxylation is 1. The molecule has 0 radical (unpaired) electrons. The van der Waals surface area contributed by atoms with E-state index in [1.807, 2.05) is 13.0 Å². The van der Waals surface area contributed by atoms with E-state index < -0.39 is 12.0 Å². The Bertz CT molecular complexity index is 703. The molecule has 1 saturated heterocycles. The van der Waals surface area contributed by atoms with Crippen LogP contribution in [0.5, 0.6) is 0 Å². The van der Waals surface area contributed by atoms with Crippen LogP contribution in [0.25, 0.3) is 11.0 Å². The van der Waals surface area contributed by atoms with Gasteiger partial charge in [0.15, 0.2) is 0 Å². The molecule has 1 aromatic carbocycles. The number of nitrogens with zero attached hydrogens (tertiary/aromatic N) is 1. The Morgan fingerprint density at radius 1 is 1.29 bits per heavy atom. The topological polar surface area (TPSA) is 70.8 Å². The van der Waals surface area contributed by atoms with E-state index in [9.17, 15) is 14.7 Å². The molecule has 1 amide bonds. The summed E-state index contributed by atoms with van der Waals surface area (Å²) in [5.41, 5.74) is 1.24. The highest BCUT2D eigenvalue weighted by molar-refractivity contribution is 5.99. The number of fused-ring (bicyclic) bond motifs is 1. The molecule has 110 valence electrons. The van der Waals surface area contributed by atoms with Gasteiger partial charge < -0.3 is 14.4 Å². The molecule has 0 saturated carbocycles. The number of carboxylic acids is 1. The number of piperidine rings is 1. The summed E-state index contributed by atoms with van der Waals surface area (Å²) in [4.78, 5) is 25.4. The molecule has 5 heteroatoms. The fourth-order valence-corrected chi connectivity index (χ4v) is 2.91. The first-order valence-electron chi connectivity index (χ1n) is 7.10. The Kier molecular flexibility index (Phi) is 3.41. The predicted octanol–water partition coefficient (Wildman–Crippen LogP) is 2.82. The third kappa shape index (κ3) is 2.51. The van der Waals surface area contributed by atoms with Crippen LogP contribution in [0.1, 0.15) is 35.4 Å². The van der Waals surface area contributed by atoms with Gasteiger partial charge >= 0.3 is 5.97 Å². The number of amides is 1. The van der Waals surface area contributed by atoms with Crippen LogP contribution in [0.2, 0.25) is 0 Å². The fraction of sp³-hybridized carbons (Fsp3) is 0.375. The second-order valence-electron chi connectivity index (χ2n) is 5.46. The summed E-state index contributed by atoms with van der Waals surface area (Å²) in [5.74, 6) is -0.359. The van der Waals surface area contributed by atoms with Gasteiger partial charge in [0.2, 0.25) is 0 Å². The van der Waals surface area contributed by atoms with Crippen molar-refractivity contribution in [1.82, 2.24) is 4.90 Å². The molecule has 0 unspecified atom stereocenters. The van der Waals surface area contributed by atoms with Gasteiger partial charge in [0.1, 0.15) is 17.4 Å². The van der Waals surface area contributed by atoms with Crippen LogP contribution in [0, 0.1) is 6.92 Å². The highest BCUT2D eigenvalue weighted by Gasteiger charge is 2.32. The van der Waals surface area contributed by atoms with Crippen molar-refractivity contribution in [3.05, 3.63) is 35.6 Å². The van der Waals surface area contributed by atoms with Crippen molar-refractivity contribution in [2.45, 2.75) is 32.2 Å². The molecule has 1 N–H and O–H groups in total. The zero-order chi connectivity index (χ0) is 15.0. The van der Waals surface area contributed by atoms with Crippen molar-refractivity contribution in [2.24, 2.45) is 0 Å². The highest BCUT2D eigenvalue weighted by Crippen LogP contribution is 2.24. The minimum atomic E-state index is -0.928. The van der Waals surface area contributed by atoms with Crippen LogP contribution < -0.4 is 0 Å². The summed E-state index contributed by atoms with van der Waals surface area (Å²) < 4.78 is 5.49. The van der Waals surface area contributed by atoms with Crippen molar-refractivity contribution in [2.75, 3.05) is 6.54 Å². The molecule has 0 aliphatic carbocycles. The van der Waals surface area contributed by atoms with Crippen molar-refractivity contribution in [1.29, 1.82) is 0 Å². The Labute approximate surface area is 122 Å². The molecule has 0 bridgehead atoms. The monoisotopic (exact) mass is 287 g/mol. The summed E-state index contributed by atoms with van der Waals surface area (Å²) >= 11 is 0. The van der Waals surface area contributed by atoms with E-state index in [0.717, 1.165) is 29.6 Å². The SMILES string of the molecule is Cc1cc2cc(C(=O)N3CCCC[C@@H]3C(=O)O)ccc2o1. The third-order valence-electron chi connectivity index (χ3n) is 3.94. The van der Waals surface area contributed by atoms with Gasteiger partial charge in [-0.1, -0.05) is 0 Å². The third-order valence-corrected chi connectivity index (χ3v) is 3.94. The lowest BCUT2D eigenvalue weighted by Crippen LogP contribution is -2.47. The zero-order valence-electron chi connectivity index (χ0n) is 11.8. The highest BCUT2D eigenvalue weighted by atomic mass is 16.4. The second kappa shape index (κ2) is 5.24. The first kappa shape index (κ1) is 13.7. The number of benzene rings is 1. The molecular weight excluding hydrogens is 270 g/mol. The zero-order valence-corrected chi connectivity index (χ0v) is 11.8. The van der Waals surface area contributed by atoms with Gasteiger partial charge in [-0.3, -0.25) is 4.79 Å². The summed E-state index contributed by atoms with van der Waals surface area (Å²) in [5, 5.41) is 10.1. The molecule has 0 spiro atoms. The molecule has 1 atom stereocenters. The lowest BCUT2D eigenvalue weighted by Gasteiger charge is -2.33. The minimum Gasteiger partial charge on any atom is -0.480 e. The lowest BCUT2D eigenvalue weighted by atomic mass is 10.0. The van der Waals surface area contributed by atoms with Crippen molar-refractivity contribution in [3.63, 3.8) is 0 Å². The van der Waals surface area contributed by atoms with E-state index in [1.54, 1.807) is 18.2 Å². The van der Waals surface area contributed by atoms with E-state index in [0.29, 0.717) is 18.5 Å². The molecule has 21 heavy (non-hydrogen) atoms. The number of likely N-dealkylation sites (tertiary alicyclic amines) is 1. The number of furan rings is 1. The van der Waals surface area contributed by atoms with Crippen LogP contribution >= 0.6 is 0 Å². The summed E-state index contributed by atoms with van der Waals surface area (Å²) in [6.45, 7) is 2.35. The normalized spacial score (nSPS) is 18.9. The summed E-state index contributed by atoms with van der Waals surface area (Å²) in [6.07, 6.45) is 2.22. The van der Waals surface area contributed by atoms with E-state index in [-0.39, 0.29) is 5.91 Å². The molecular formula is C16H17NO4. The average molecular weight is 287 g/mol. The Balaban J connectivity index is 1.92. The first-order chi connectivity index (χ1) is 10.1. The lowest BCUT2D eigenvalue weighted by molar-refractivity contribution is -0.143. The van der Waals surface area contributed by atoms with Crippen LogP contribution in [-0.4, -0.2) is 34.5 Å². The number of carbonyl (C=O) groups excluding carboxylic acids is 1. The molecule has 1 aliphatic heterocycles. The second-order valence-corrected chi connectivity index (χ2v) is 5.46. The smallest absolute Gasteiger partial charge is 0.326 e. The van der Waals surface area contributed by atoms with E-state index in [1.165, 1.54) is 4.90 Å². The van der Waals surface area contributed by atoms with Gasteiger partial charge in [-0.2, -0.15) is 0 Å². The van der Waals surface area contributed by atoms with Gasteiger partial charge in [-0.25, -0.2) is 4.79 Å².